The lowest BCUT2D eigenvalue weighted by Gasteiger charge is -2.17. The van der Waals surface area contributed by atoms with Gasteiger partial charge in [-0.3, -0.25) is 4.79 Å². The summed E-state index contributed by atoms with van der Waals surface area (Å²) < 4.78 is 53.1. The minimum atomic E-state index is -1.85. The van der Waals surface area contributed by atoms with Crippen molar-refractivity contribution in [1.29, 1.82) is 0 Å². The Balaban J connectivity index is 3.10. The van der Waals surface area contributed by atoms with Crippen LogP contribution in [0.15, 0.2) is 0 Å². The van der Waals surface area contributed by atoms with Crippen LogP contribution in [0.4, 0.5) is 0 Å². The van der Waals surface area contributed by atoms with E-state index in [0.29, 0.717) is 106 Å². The number of rotatable bonds is 27. The summed E-state index contributed by atoms with van der Waals surface area (Å²) in [6.45, 7) is 13.9. The zero-order chi connectivity index (χ0) is 25.2. The molecule has 0 aliphatic carbocycles. The van der Waals surface area contributed by atoms with Crippen molar-refractivity contribution in [2.24, 2.45) is 0 Å². The second-order valence-corrected chi connectivity index (χ2v) is 12.3. The number of hydrogen-bond acceptors (Lipinski definition) is 11. The highest BCUT2D eigenvalue weighted by molar-refractivity contribution is 6.71. The molecule has 34 heavy (non-hydrogen) atoms. The fourth-order valence-electron chi connectivity index (χ4n) is 2.21. The Kier molecular flexibility index (Phi) is 24.9. The third-order valence-corrected chi connectivity index (χ3v) is 4.52. The molecule has 0 spiro atoms. The Morgan fingerprint density at radius 1 is 0.471 bits per heavy atom. The SMILES string of the molecule is COCCOCCOCCOCCOCCOCCOCCOCCOCC(=O)O[Si](C)(C)C. The summed E-state index contributed by atoms with van der Waals surface area (Å²) in [4.78, 5) is 11.5. The fourth-order valence-corrected chi connectivity index (χ4v) is 2.95. The normalized spacial score (nSPS) is 11.8. The van der Waals surface area contributed by atoms with Crippen molar-refractivity contribution < 1.29 is 51.9 Å². The Labute approximate surface area is 205 Å². The second-order valence-electron chi connectivity index (χ2n) is 7.92. The van der Waals surface area contributed by atoms with Crippen molar-refractivity contribution in [3.05, 3.63) is 0 Å². The highest BCUT2D eigenvalue weighted by Gasteiger charge is 2.19. The predicted octanol–water partition coefficient (Wildman–Crippen LogP) is 1.14. The summed E-state index contributed by atoms with van der Waals surface area (Å²) in [6.07, 6.45) is 0. The van der Waals surface area contributed by atoms with Gasteiger partial charge in [-0.15, -0.1) is 0 Å². The van der Waals surface area contributed by atoms with Crippen molar-refractivity contribution in [1.82, 2.24) is 0 Å². The second kappa shape index (κ2) is 25.4. The first-order valence-corrected chi connectivity index (χ1v) is 15.2. The standard InChI is InChI=1S/C22H46O11Si/c1-24-5-6-25-7-8-26-9-10-27-11-12-28-13-14-29-15-16-30-17-18-31-19-20-32-21-22(23)33-34(2,3)4/h5-21H2,1-4H3. The molecule has 0 fully saturated rings. The molecule has 204 valence electrons. The van der Waals surface area contributed by atoms with Gasteiger partial charge in [0.25, 0.3) is 0 Å². The zero-order valence-electron chi connectivity index (χ0n) is 21.5. The molecule has 11 nitrogen and oxygen atoms in total. The van der Waals surface area contributed by atoms with Crippen LogP contribution in [0.1, 0.15) is 0 Å². The molecule has 0 aliphatic heterocycles. The average Bonchev–Trinajstić information content (AvgIpc) is 2.78. The predicted molar refractivity (Wildman–Crippen MR) is 128 cm³/mol. The molecular formula is C22H46O11Si. The summed E-state index contributed by atoms with van der Waals surface area (Å²) in [5.74, 6) is -0.321. The van der Waals surface area contributed by atoms with Gasteiger partial charge in [0, 0.05) is 7.11 Å². The Morgan fingerprint density at radius 3 is 1.00 bits per heavy atom. The van der Waals surface area contributed by atoms with Crippen LogP contribution < -0.4 is 0 Å². The van der Waals surface area contributed by atoms with Gasteiger partial charge in [0.05, 0.1) is 106 Å². The molecule has 0 rings (SSSR count). The third kappa shape index (κ3) is 29.4. The molecule has 0 saturated heterocycles. The molecule has 0 aromatic carbocycles. The molecule has 0 aliphatic rings. The number of hydrogen-bond donors (Lipinski definition) is 0. The van der Waals surface area contributed by atoms with Gasteiger partial charge in [-0.05, 0) is 19.6 Å². The van der Waals surface area contributed by atoms with Gasteiger partial charge in [0.1, 0.15) is 6.61 Å². The van der Waals surface area contributed by atoms with Crippen LogP contribution in [0.2, 0.25) is 19.6 Å². The molecule has 0 unspecified atom stereocenters. The van der Waals surface area contributed by atoms with E-state index < -0.39 is 8.32 Å². The van der Waals surface area contributed by atoms with E-state index in [2.05, 4.69) is 0 Å². The fraction of sp³-hybridized carbons (Fsp3) is 0.955. The molecule has 0 saturated carbocycles. The molecule has 0 radical (unpaired) electrons. The van der Waals surface area contributed by atoms with E-state index in [9.17, 15) is 4.79 Å². The van der Waals surface area contributed by atoms with Gasteiger partial charge >= 0.3 is 5.97 Å². The van der Waals surface area contributed by atoms with Crippen molar-refractivity contribution >= 4 is 14.3 Å². The lowest BCUT2D eigenvalue weighted by Crippen LogP contribution is -2.31. The molecule has 0 aromatic heterocycles. The first-order valence-electron chi connectivity index (χ1n) is 11.8. The maximum atomic E-state index is 11.5. The van der Waals surface area contributed by atoms with Gasteiger partial charge in [0.15, 0.2) is 0 Å². The molecule has 0 N–H and O–H groups in total. The number of carbonyl (C=O) groups excluding carboxylic acids is 1. The van der Waals surface area contributed by atoms with Gasteiger partial charge in [-0.25, -0.2) is 0 Å². The summed E-state index contributed by atoms with van der Waals surface area (Å²) in [5.41, 5.74) is 0. The largest absolute Gasteiger partial charge is 0.518 e. The molecular weight excluding hydrogens is 468 g/mol. The molecule has 0 bridgehead atoms. The van der Waals surface area contributed by atoms with Crippen LogP contribution in [-0.2, 0) is 51.9 Å². The van der Waals surface area contributed by atoms with E-state index in [-0.39, 0.29) is 12.6 Å². The Bertz CT molecular complexity index is 436. The quantitative estimate of drug-likeness (QED) is 0.116. The maximum absolute atomic E-state index is 11.5. The van der Waals surface area contributed by atoms with Crippen molar-refractivity contribution in [2.45, 2.75) is 19.6 Å². The molecule has 12 heteroatoms. The summed E-state index contributed by atoms with van der Waals surface area (Å²) in [7, 11) is -0.208. The van der Waals surface area contributed by atoms with E-state index >= 15 is 0 Å². The topological polar surface area (TPSA) is 109 Å². The first-order chi connectivity index (χ1) is 16.5. The van der Waals surface area contributed by atoms with Crippen LogP contribution in [-0.4, -0.2) is 134 Å². The lowest BCUT2D eigenvalue weighted by atomic mass is 10.6. The third-order valence-electron chi connectivity index (χ3n) is 3.68. The smallest absolute Gasteiger partial charge is 0.318 e. The Hall–Kier alpha value is -0.673. The van der Waals surface area contributed by atoms with Crippen molar-refractivity contribution in [2.75, 3.05) is 119 Å². The lowest BCUT2D eigenvalue weighted by molar-refractivity contribution is -0.140. The highest BCUT2D eigenvalue weighted by Crippen LogP contribution is 2.02. The van der Waals surface area contributed by atoms with Gasteiger partial charge in [-0.2, -0.15) is 0 Å². The van der Waals surface area contributed by atoms with Gasteiger partial charge in [0.2, 0.25) is 8.32 Å². The van der Waals surface area contributed by atoms with Crippen LogP contribution >= 0.6 is 0 Å². The molecule has 0 amide bonds. The van der Waals surface area contributed by atoms with E-state index in [1.807, 2.05) is 19.6 Å². The zero-order valence-corrected chi connectivity index (χ0v) is 22.5. The van der Waals surface area contributed by atoms with Crippen LogP contribution in [0, 0.1) is 0 Å². The van der Waals surface area contributed by atoms with E-state index in [0.717, 1.165) is 0 Å². The van der Waals surface area contributed by atoms with E-state index in [1.165, 1.54) is 0 Å². The first kappa shape index (κ1) is 33.3. The minimum absolute atomic E-state index is 0.0420. The van der Waals surface area contributed by atoms with Crippen molar-refractivity contribution in [3.8, 4) is 0 Å². The van der Waals surface area contributed by atoms with Crippen molar-refractivity contribution in [3.63, 3.8) is 0 Å². The number of ether oxygens (including phenoxy) is 9. The Morgan fingerprint density at radius 2 is 0.735 bits per heavy atom. The number of carbonyl (C=O) groups is 1. The van der Waals surface area contributed by atoms with E-state index in [4.69, 9.17) is 47.1 Å². The molecule has 0 heterocycles. The van der Waals surface area contributed by atoms with Gasteiger partial charge < -0.3 is 47.1 Å². The summed E-state index contributed by atoms with van der Waals surface area (Å²) in [6, 6.07) is 0. The van der Waals surface area contributed by atoms with Crippen LogP contribution in [0.5, 0.6) is 0 Å². The average molecular weight is 515 g/mol. The van der Waals surface area contributed by atoms with E-state index in [1.54, 1.807) is 7.11 Å². The minimum Gasteiger partial charge on any atom is -0.518 e. The maximum Gasteiger partial charge on any atom is 0.318 e. The van der Waals surface area contributed by atoms with Crippen LogP contribution in [0.3, 0.4) is 0 Å². The van der Waals surface area contributed by atoms with Gasteiger partial charge in [-0.1, -0.05) is 0 Å². The summed E-state index contributed by atoms with van der Waals surface area (Å²) >= 11 is 0. The molecule has 0 aromatic rings. The summed E-state index contributed by atoms with van der Waals surface area (Å²) in [5, 5.41) is 0. The monoisotopic (exact) mass is 514 g/mol. The van der Waals surface area contributed by atoms with Crippen LogP contribution in [0.25, 0.3) is 0 Å². The highest BCUT2D eigenvalue weighted by atomic mass is 28.4. The molecule has 0 atom stereocenters. The number of methoxy groups -OCH3 is 1.